The molecule has 0 spiro atoms. The van der Waals surface area contributed by atoms with Gasteiger partial charge in [0.2, 0.25) is 0 Å². The summed E-state index contributed by atoms with van der Waals surface area (Å²) in [6.45, 7) is 5.55. The van der Waals surface area contributed by atoms with E-state index in [1.807, 2.05) is 51.4 Å². The van der Waals surface area contributed by atoms with E-state index < -0.39 is 0 Å². The van der Waals surface area contributed by atoms with Gasteiger partial charge in [-0.05, 0) is 46.5 Å². The van der Waals surface area contributed by atoms with Crippen LogP contribution in [-0.2, 0) is 0 Å². The van der Waals surface area contributed by atoms with Gasteiger partial charge < -0.3 is 15.5 Å². The van der Waals surface area contributed by atoms with E-state index in [4.69, 9.17) is 0 Å². The zero-order valence-electron chi connectivity index (χ0n) is 15.4. The zero-order chi connectivity index (χ0) is 18.2. The first kappa shape index (κ1) is 18.9. The molecule has 2 N–H and O–H groups in total. The minimum Gasteiger partial charge on any atom is -0.370 e. The van der Waals surface area contributed by atoms with Crippen LogP contribution in [0.2, 0.25) is 0 Å². The van der Waals surface area contributed by atoms with Crippen LogP contribution in [0.5, 0.6) is 0 Å². The number of aromatic nitrogens is 2. The van der Waals surface area contributed by atoms with Crippen LogP contribution in [0.3, 0.4) is 0 Å². The zero-order valence-corrected chi connectivity index (χ0v) is 15.4. The monoisotopic (exact) mass is 341 g/mol. The molecule has 0 aliphatic rings. The third-order valence-corrected chi connectivity index (χ3v) is 3.81. The van der Waals surface area contributed by atoms with Gasteiger partial charge in [0.15, 0.2) is 0 Å². The molecule has 2 rings (SSSR count). The molecule has 1 atom stereocenters. The Morgan fingerprint density at radius 3 is 2.60 bits per heavy atom. The highest BCUT2D eigenvalue weighted by molar-refractivity contribution is 5.93. The molecule has 1 aromatic carbocycles. The second kappa shape index (κ2) is 9.13. The van der Waals surface area contributed by atoms with Crippen molar-refractivity contribution in [2.45, 2.75) is 26.3 Å². The van der Waals surface area contributed by atoms with E-state index >= 15 is 0 Å². The summed E-state index contributed by atoms with van der Waals surface area (Å²) >= 11 is 0. The third kappa shape index (κ3) is 6.15. The molecule has 0 fully saturated rings. The summed E-state index contributed by atoms with van der Waals surface area (Å²) in [7, 11) is 4.09. The SMILES string of the molecule is Cc1nc(NCCCN(C)C)cc(C(=O)NC(C)c2ccccc2)n1. The van der Waals surface area contributed by atoms with Gasteiger partial charge in [-0.15, -0.1) is 0 Å². The lowest BCUT2D eigenvalue weighted by molar-refractivity contribution is 0.0934. The largest absolute Gasteiger partial charge is 0.370 e. The van der Waals surface area contributed by atoms with Gasteiger partial charge in [-0.2, -0.15) is 0 Å². The van der Waals surface area contributed by atoms with Crippen molar-refractivity contribution in [3.63, 3.8) is 0 Å². The Bertz CT molecular complexity index is 687. The van der Waals surface area contributed by atoms with E-state index in [1.165, 1.54) is 0 Å². The number of carbonyl (C=O) groups excluding carboxylic acids is 1. The van der Waals surface area contributed by atoms with Crippen LogP contribution in [0.25, 0.3) is 0 Å². The molecule has 0 aliphatic heterocycles. The Labute approximate surface area is 149 Å². The molecule has 0 saturated heterocycles. The summed E-state index contributed by atoms with van der Waals surface area (Å²) in [5.41, 5.74) is 1.44. The molecule has 6 heteroatoms. The molecule has 6 nitrogen and oxygen atoms in total. The van der Waals surface area contributed by atoms with Gasteiger partial charge in [0, 0.05) is 12.6 Å². The standard InChI is InChI=1S/C19H27N5O/c1-14(16-9-6-5-7-10-16)21-19(25)17-13-18(23-15(2)22-17)20-11-8-12-24(3)4/h5-7,9-10,13-14H,8,11-12H2,1-4H3,(H,21,25)(H,20,22,23). The minimum absolute atomic E-state index is 0.0829. The number of amides is 1. The third-order valence-electron chi connectivity index (χ3n) is 3.81. The summed E-state index contributed by atoms with van der Waals surface area (Å²) in [5, 5.41) is 6.25. The molecular formula is C19H27N5O. The van der Waals surface area contributed by atoms with Crippen LogP contribution in [0.15, 0.2) is 36.4 Å². The first-order valence-electron chi connectivity index (χ1n) is 8.56. The second-order valence-corrected chi connectivity index (χ2v) is 6.38. The van der Waals surface area contributed by atoms with Crippen molar-refractivity contribution >= 4 is 11.7 Å². The maximum Gasteiger partial charge on any atom is 0.270 e. The second-order valence-electron chi connectivity index (χ2n) is 6.38. The smallest absolute Gasteiger partial charge is 0.270 e. The molecule has 2 aromatic rings. The number of rotatable bonds is 8. The lowest BCUT2D eigenvalue weighted by Crippen LogP contribution is -2.28. The first-order chi connectivity index (χ1) is 12.0. The highest BCUT2D eigenvalue weighted by Gasteiger charge is 2.14. The molecule has 1 unspecified atom stereocenters. The molecule has 1 aromatic heterocycles. The van der Waals surface area contributed by atoms with Crippen molar-refractivity contribution in [2.75, 3.05) is 32.5 Å². The van der Waals surface area contributed by atoms with Crippen molar-refractivity contribution in [1.29, 1.82) is 0 Å². The highest BCUT2D eigenvalue weighted by Crippen LogP contribution is 2.13. The molecule has 1 heterocycles. The summed E-state index contributed by atoms with van der Waals surface area (Å²) in [6, 6.07) is 11.5. The van der Waals surface area contributed by atoms with Gasteiger partial charge in [0.1, 0.15) is 17.3 Å². The summed E-state index contributed by atoms with van der Waals surface area (Å²) in [4.78, 5) is 23.3. The van der Waals surface area contributed by atoms with Crippen LogP contribution in [-0.4, -0.2) is 48.0 Å². The molecule has 0 radical (unpaired) electrons. The van der Waals surface area contributed by atoms with Gasteiger partial charge >= 0.3 is 0 Å². The number of hydrogen-bond donors (Lipinski definition) is 2. The van der Waals surface area contributed by atoms with E-state index in [0.717, 1.165) is 25.1 Å². The molecule has 134 valence electrons. The predicted octanol–water partition coefficient (Wildman–Crippen LogP) is 2.64. The lowest BCUT2D eigenvalue weighted by Gasteiger charge is -2.15. The first-order valence-corrected chi connectivity index (χ1v) is 8.56. The van der Waals surface area contributed by atoms with E-state index in [1.54, 1.807) is 13.0 Å². The van der Waals surface area contributed by atoms with Gasteiger partial charge in [-0.1, -0.05) is 30.3 Å². The topological polar surface area (TPSA) is 70.2 Å². The maximum atomic E-state index is 12.5. The highest BCUT2D eigenvalue weighted by atomic mass is 16.1. The Morgan fingerprint density at radius 2 is 1.92 bits per heavy atom. The van der Waals surface area contributed by atoms with Crippen molar-refractivity contribution < 1.29 is 4.79 Å². The van der Waals surface area contributed by atoms with Crippen molar-refractivity contribution in [3.8, 4) is 0 Å². The van der Waals surface area contributed by atoms with Crippen LogP contribution < -0.4 is 10.6 Å². The van der Waals surface area contributed by atoms with Crippen LogP contribution >= 0.6 is 0 Å². The number of carbonyl (C=O) groups is 1. The number of aryl methyl sites for hydroxylation is 1. The van der Waals surface area contributed by atoms with Gasteiger partial charge in [-0.3, -0.25) is 4.79 Å². The number of anilines is 1. The normalized spacial score (nSPS) is 12.0. The molecule has 25 heavy (non-hydrogen) atoms. The van der Waals surface area contributed by atoms with Crippen LogP contribution in [0, 0.1) is 6.92 Å². The number of hydrogen-bond acceptors (Lipinski definition) is 5. The van der Waals surface area contributed by atoms with Crippen molar-refractivity contribution in [2.24, 2.45) is 0 Å². The van der Waals surface area contributed by atoms with E-state index in [2.05, 4.69) is 25.5 Å². The molecule has 0 aliphatic carbocycles. The van der Waals surface area contributed by atoms with Crippen LogP contribution in [0.4, 0.5) is 5.82 Å². The summed E-state index contributed by atoms with van der Waals surface area (Å²) in [5.74, 6) is 1.07. The number of nitrogens with one attached hydrogen (secondary N) is 2. The van der Waals surface area contributed by atoms with Crippen molar-refractivity contribution in [3.05, 3.63) is 53.5 Å². The molecule has 1 amide bonds. The average Bonchev–Trinajstić information content (AvgIpc) is 2.59. The Hall–Kier alpha value is -2.47. The lowest BCUT2D eigenvalue weighted by atomic mass is 10.1. The van der Waals surface area contributed by atoms with E-state index in [0.29, 0.717) is 17.3 Å². The van der Waals surface area contributed by atoms with Gasteiger partial charge in [-0.25, -0.2) is 9.97 Å². The molecular weight excluding hydrogens is 314 g/mol. The summed E-state index contributed by atoms with van der Waals surface area (Å²) < 4.78 is 0. The fraction of sp³-hybridized carbons (Fsp3) is 0.421. The summed E-state index contributed by atoms with van der Waals surface area (Å²) in [6.07, 6.45) is 1.00. The predicted molar refractivity (Wildman–Crippen MR) is 101 cm³/mol. The Balaban J connectivity index is 1.99. The minimum atomic E-state index is -0.196. The van der Waals surface area contributed by atoms with Crippen molar-refractivity contribution in [1.82, 2.24) is 20.2 Å². The van der Waals surface area contributed by atoms with E-state index in [9.17, 15) is 4.79 Å². The Kier molecular flexibility index (Phi) is 6.89. The van der Waals surface area contributed by atoms with Gasteiger partial charge in [0.05, 0.1) is 6.04 Å². The average molecular weight is 341 g/mol. The van der Waals surface area contributed by atoms with Crippen LogP contribution in [0.1, 0.15) is 41.3 Å². The quantitative estimate of drug-likeness (QED) is 0.722. The number of benzene rings is 1. The molecule has 0 saturated carbocycles. The van der Waals surface area contributed by atoms with Gasteiger partial charge in [0.25, 0.3) is 5.91 Å². The Morgan fingerprint density at radius 1 is 1.20 bits per heavy atom. The number of nitrogens with zero attached hydrogens (tertiary/aromatic N) is 3. The fourth-order valence-electron chi connectivity index (χ4n) is 2.48. The fourth-order valence-corrected chi connectivity index (χ4v) is 2.48. The van der Waals surface area contributed by atoms with E-state index in [-0.39, 0.29) is 11.9 Å². The molecule has 0 bridgehead atoms. The maximum absolute atomic E-state index is 12.5.